The second-order valence-electron chi connectivity index (χ2n) is 8.83. The molecule has 2 aliphatic rings. The van der Waals surface area contributed by atoms with Crippen molar-refractivity contribution < 1.29 is 0 Å². The molecule has 0 spiro atoms. The van der Waals surface area contributed by atoms with Crippen LogP contribution in [0.5, 0.6) is 0 Å². The molecule has 7 nitrogen and oxygen atoms in total. The predicted octanol–water partition coefficient (Wildman–Crippen LogP) is 2.34. The summed E-state index contributed by atoms with van der Waals surface area (Å²) in [6, 6.07) is 5.94. The molecule has 1 saturated heterocycles. The zero-order valence-electron chi connectivity index (χ0n) is 16.7. The average molecular weight is 378 g/mol. The van der Waals surface area contributed by atoms with E-state index < -0.39 is 0 Å². The predicted molar refractivity (Wildman–Crippen MR) is 107 cm³/mol. The highest BCUT2D eigenvalue weighted by Gasteiger charge is 2.35. The Balaban J connectivity index is 1.60. The number of hydrogen-bond donors (Lipinski definition) is 0. The third-order valence-electron chi connectivity index (χ3n) is 5.96. The number of piperidine rings is 1. The number of pyridine rings is 1. The van der Waals surface area contributed by atoms with Gasteiger partial charge in [0.1, 0.15) is 6.33 Å². The molecule has 3 aromatic rings. The molecule has 0 radical (unpaired) electrons. The second-order valence-corrected chi connectivity index (χ2v) is 8.83. The van der Waals surface area contributed by atoms with Crippen LogP contribution < -0.4 is 5.56 Å². The molecule has 2 aliphatic heterocycles. The molecule has 0 aliphatic carbocycles. The number of aromatic nitrogens is 5. The van der Waals surface area contributed by atoms with Crippen molar-refractivity contribution in [3.8, 4) is 11.1 Å². The maximum absolute atomic E-state index is 13.0. The number of hydrogen-bond acceptors (Lipinski definition) is 5. The summed E-state index contributed by atoms with van der Waals surface area (Å²) in [5.74, 6) is 1.64. The summed E-state index contributed by atoms with van der Waals surface area (Å²) in [6.07, 6.45) is 2.78. The highest BCUT2D eigenvalue weighted by atomic mass is 16.1. The van der Waals surface area contributed by atoms with Gasteiger partial charge in [0.05, 0.1) is 5.69 Å². The van der Waals surface area contributed by atoms with Crippen LogP contribution in [-0.4, -0.2) is 48.9 Å². The molecule has 3 aromatic heterocycles. The SMILES string of the molecule is Cc1cc(-c2cc3n(c(=O)c2)C[C@H]2C[C@@H]3CN(CC(C)C)C2)c2nncn2n1. The minimum Gasteiger partial charge on any atom is -0.312 e. The average Bonchev–Trinajstić information content (AvgIpc) is 3.09. The smallest absolute Gasteiger partial charge is 0.251 e. The third-order valence-corrected chi connectivity index (χ3v) is 5.96. The van der Waals surface area contributed by atoms with Gasteiger partial charge < -0.3 is 9.47 Å². The van der Waals surface area contributed by atoms with Crippen LogP contribution >= 0.6 is 0 Å². The molecule has 0 amide bonds. The van der Waals surface area contributed by atoms with Crippen LogP contribution in [0.4, 0.5) is 0 Å². The first kappa shape index (κ1) is 17.6. The zero-order valence-corrected chi connectivity index (χ0v) is 16.7. The molecule has 7 heteroatoms. The van der Waals surface area contributed by atoms with E-state index in [0.29, 0.717) is 23.4 Å². The van der Waals surface area contributed by atoms with Crippen LogP contribution in [0.1, 0.15) is 37.6 Å². The van der Waals surface area contributed by atoms with Gasteiger partial charge in [0.25, 0.3) is 5.56 Å². The van der Waals surface area contributed by atoms with Gasteiger partial charge in [-0.3, -0.25) is 4.79 Å². The first-order chi connectivity index (χ1) is 13.5. The topological polar surface area (TPSA) is 68.3 Å². The van der Waals surface area contributed by atoms with Crippen LogP contribution in [0, 0.1) is 18.8 Å². The molecule has 2 bridgehead atoms. The van der Waals surface area contributed by atoms with Gasteiger partial charge in [0, 0.05) is 49.4 Å². The van der Waals surface area contributed by atoms with E-state index in [1.807, 2.05) is 17.6 Å². The lowest BCUT2D eigenvalue weighted by atomic mass is 9.82. The van der Waals surface area contributed by atoms with E-state index >= 15 is 0 Å². The number of rotatable bonds is 3. The van der Waals surface area contributed by atoms with Gasteiger partial charge in [-0.25, -0.2) is 0 Å². The zero-order chi connectivity index (χ0) is 19.4. The third kappa shape index (κ3) is 2.94. The van der Waals surface area contributed by atoms with Gasteiger partial charge in [-0.05, 0) is 42.9 Å². The molecule has 146 valence electrons. The fourth-order valence-corrected chi connectivity index (χ4v) is 5.04. The van der Waals surface area contributed by atoms with E-state index in [1.54, 1.807) is 16.9 Å². The maximum atomic E-state index is 13.0. The normalized spacial score (nSPS) is 22.0. The van der Waals surface area contributed by atoms with Crippen LogP contribution in [-0.2, 0) is 6.54 Å². The van der Waals surface area contributed by atoms with E-state index in [9.17, 15) is 4.79 Å². The molecule has 5 rings (SSSR count). The van der Waals surface area contributed by atoms with Crippen molar-refractivity contribution in [3.63, 3.8) is 0 Å². The fourth-order valence-electron chi connectivity index (χ4n) is 5.04. The monoisotopic (exact) mass is 378 g/mol. The highest BCUT2D eigenvalue weighted by Crippen LogP contribution is 2.37. The summed E-state index contributed by atoms with van der Waals surface area (Å²) in [5.41, 5.74) is 4.65. The van der Waals surface area contributed by atoms with Gasteiger partial charge in [0.2, 0.25) is 0 Å². The van der Waals surface area contributed by atoms with Gasteiger partial charge in [-0.1, -0.05) is 13.8 Å². The lowest BCUT2D eigenvalue weighted by molar-refractivity contribution is 0.109. The van der Waals surface area contributed by atoms with Crippen LogP contribution in [0.3, 0.4) is 0 Å². The van der Waals surface area contributed by atoms with Gasteiger partial charge in [-0.2, -0.15) is 9.61 Å². The first-order valence-electron chi connectivity index (χ1n) is 10.1. The van der Waals surface area contributed by atoms with E-state index in [2.05, 4.69) is 40.1 Å². The molecule has 0 saturated carbocycles. The van der Waals surface area contributed by atoms with E-state index in [0.717, 1.165) is 43.0 Å². The number of aryl methyl sites for hydroxylation is 1. The van der Waals surface area contributed by atoms with Gasteiger partial charge in [-0.15, -0.1) is 10.2 Å². The summed E-state index contributed by atoms with van der Waals surface area (Å²) in [7, 11) is 0. The van der Waals surface area contributed by atoms with Gasteiger partial charge >= 0.3 is 0 Å². The van der Waals surface area contributed by atoms with Crippen molar-refractivity contribution in [3.05, 3.63) is 46.3 Å². The Labute approximate surface area is 164 Å². The van der Waals surface area contributed by atoms with E-state index in [4.69, 9.17) is 0 Å². The summed E-state index contributed by atoms with van der Waals surface area (Å²) in [6.45, 7) is 10.6. The largest absolute Gasteiger partial charge is 0.312 e. The van der Waals surface area contributed by atoms with Crippen molar-refractivity contribution in [1.29, 1.82) is 0 Å². The van der Waals surface area contributed by atoms with Gasteiger partial charge in [0.15, 0.2) is 5.65 Å². The maximum Gasteiger partial charge on any atom is 0.251 e. The minimum absolute atomic E-state index is 0.0895. The molecular formula is C21H26N6O. The standard InChI is InChI=1S/C21H26N6O/c1-13(2)8-25-9-15-5-17(11-25)19-6-16(7-20(28)26(19)10-15)18-4-14(3)24-27-12-22-23-21(18)27/h4,6-7,12-13,15,17H,5,8-11H2,1-3H3/t15-,17+/m0/s1. The molecular weight excluding hydrogens is 352 g/mol. The number of fused-ring (bicyclic) bond motifs is 5. The Hall–Kier alpha value is -2.54. The molecule has 2 atom stereocenters. The molecule has 0 aromatic carbocycles. The Bertz CT molecular complexity index is 1100. The quantitative estimate of drug-likeness (QED) is 0.700. The Morgan fingerprint density at radius 1 is 1.18 bits per heavy atom. The summed E-state index contributed by atoms with van der Waals surface area (Å²) in [4.78, 5) is 15.6. The van der Waals surface area contributed by atoms with Crippen molar-refractivity contribution in [2.75, 3.05) is 19.6 Å². The number of likely N-dealkylation sites (tertiary alicyclic amines) is 1. The summed E-state index contributed by atoms with van der Waals surface area (Å²) >= 11 is 0. The molecule has 1 fully saturated rings. The van der Waals surface area contributed by atoms with Crippen molar-refractivity contribution in [1.82, 2.24) is 29.3 Å². The van der Waals surface area contributed by atoms with Crippen LogP contribution in [0.15, 0.2) is 29.3 Å². The van der Waals surface area contributed by atoms with Crippen molar-refractivity contribution in [2.45, 2.75) is 39.7 Å². The Morgan fingerprint density at radius 3 is 2.86 bits per heavy atom. The second kappa shape index (κ2) is 6.51. The molecule has 5 heterocycles. The van der Waals surface area contributed by atoms with Crippen molar-refractivity contribution >= 4 is 5.65 Å². The summed E-state index contributed by atoms with van der Waals surface area (Å²) in [5, 5.41) is 12.6. The highest BCUT2D eigenvalue weighted by molar-refractivity contribution is 5.77. The van der Waals surface area contributed by atoms with Crippen LogP contribution in [0.25, 0.3) is 16.8 Å². The van der Waals surface area contributed by atoms with E-state index in [1.165, 1.54) is 12.1 Å². The number of nitrogens with zero attached hydrogens (tertiary/aromatic N) is 6. The summed E-state index contributed by atoms with van der Waals surface area (Å²) < 4.78 is 3.69. The molecule has 0 unspecified atom stereocenters. The molecule has 28 heavy (non-hydrogen) atoms. The fraction of sp³-hybridized carbons (Fsp3) is 0.524. The lowest BCUT2D eigenvalue weighted by Gasteiger charge is -2.43. The lowest BCUT2D eigenvalue weighted by Crippen LogP contribution is -2.48. The molecule has 0 N–H and O–H groups in total. The first-order valence-corrected chi connectivity index (χ1v) is 10.1. The van der Waals surface area contributed by atoms with Crippen LogP contribution in [0.2, 0.25) is 0 Å². The van der Waals surface area contributed by atoms with Crippen molar-refractivity contribution in [2.24, 2.45) is 11.8 Å². The van der Waals surface area contributed by atoms with E-state index in [-0.39, 0.29) is 5.56 Å². The minimum atomic E-state index is 0.0895. The Morgan fingerprint density at radius 2 is 2.04 bits per heavy atom. The Kier molecular flexibility index (Phi) is 4.08.